The molecule has 0 saturated carbocycles. The Balaban J connectivity index is 1.76. The first-order chi connectivity index (χ1) is 15.7. The molecule has 6 nitrogen and oxygen atoms in total. The summed E-state index contributed by atoms with van der Waals surface area (Å²) < 4.78 is 28.6. The number of aliphatic hydroxyl groups excluding tert-OH is 1. The highest BCUT2D eigenvalue weighted by atomic mass is 32.2. The van der Waals surface area contributed by atoms with E-state index in [0.29, 0.717) is 30.9 Å². The molecule has 0 amide bonds. The van der Waals surface area contributed by atoms with Crippen molar-refractivity contribution in [2.75, 3.05) is 17.4 Å². The van der Waals surface area contributed by atoms with Crippen LogP contribution in [0.3, 0.4) is 0 Å². The van der Waals surface area contributed by atoms with Crippen LogP contribution in [0.25, 0.3) is 0 Å². The van der Waals surface area contributed by atoms with Crippen molar-refractivity contribution in [2.24, 2.45) is 5.92 Å². The first-order valence-electron chi connectivity index (χ1n) is 11.2. The maximum Gasteiger partial charge on any atom is 0.264 e. The van der Waals surface area contributed by atoms with Gasteiger partial charge in [0.1, 0.15) is 0 Å². The van der Waals surface area contributed by atoms with Crippen LogP contribution in [0.15, 0.2) is 71.9 Å². The van der Waals surface area contributed by atoms with E-state index in [0.717, 1.165) is 16.7 Å². The molecule has 176 valence electrons. The van der Waals surface area contributed by atoms with Crippen LogP contribution in [-0.2, 0) is 16.6 Å². The molecule has 0 saturated heterocycles. The van der Waals surface area contributed by atoms with Gasteiger partial charge in [0.15, 0.2) is 0 Å². The topological polar surface area (TPSA) is 82.5 Å². The van der Waals surface area contributed by atoms with E-state index < -0.39 is 16.1 Å². The molecule has 7 heteroatoms. The molecule has 33 heavy (non-hydrogen) atoms. The van der Waals surface area contributed by atoms with Gasteiger partial charge in [0.2, 0.25) is 0 Å². The summed E-state index contributed by atoms with van der Waals surface area (Å²) in [6.45, 7) is 9.30. The molecule has 0 aliphatic heterocycles. The summed E-state index contributed by atoms with van der Waals surface area (Å²) in [5, 5.41) is 13.7. The van der Waals surface area contributed by atoms with Gasteiger partial charge in [0.25, 0.3) is 10.0 Å². The SMILES string of the molecule is Cc1ccc(N(CC(C)C)S(=O)(=O)c2ccc(C(O)CNCc3ccncc3)cc2)c(C)c1. The van der Waals surface area contributed by atoms with Gasteiger partial charge in [0.05, 0.1) is 16.7 Å². The van der Waals surface area contributed by atoms with Crippen molar-refractivity contribution >= 4 is 15.7 Å². The van der Waals surface area contributed by atoms with Crippen LogP contribution >= 0.6 is 0 Å². The van der Waals surface area contributed by atoms with Gasteiger partial charge in [0, 0.05) is 32.0 Å². The molecule has 1 atom stereocenters. The van der Waals surface area contributed by atoms with Crippen molar-refractivity contribution in [2.45, 2.75) is 45.2 Å². The fourth-order valence-electron chi connectivity index (χ4n) is 3.70. The molecule has 1 heterocycles. The highest BCUT2D eigenvalue weighted by Gasteiger charge is 2.27. The van der Waals surface area contributed by atoms with Crippen LogP contribution < -0.4 is 9.62 Å². The molecule has 2 N–H and O–H groups in total. The third kappa shape index (κ3) is 6.41. The fraction of sp³-hybridized carbons (Fsp3) is 0.346. The minimum Gasteiger partial charge on any atom is -0.387 e. The molecule has 0 aliphatic rings. The lowest BCUT2D eigenvalue weighted by Crippen LogP contribution is -2.34. The highest BCUT2D eigenvalue weighted by molar-refractivity contribution is 7.92. The van der Waals surface area contributed by atoms with Gasteiger partial charge in [-0.25, -0.2) is 8.42 Å². The number of sulfonamides is 1. The van der Waals surface area contributed by atoms with Crippen LogP contribution in [0, 0.1) is 19.8 Å². The number of benzene rings is 2. The number of anilines is 1. The molecular weight excluding hydrogens is 434 g/mol. The van der Waals surface area contributed by atoms with E-state index in [-0.39, 0.29) is 10.8 Å². The highest BCUT2D eigenvalue weighted by Crippen LogP contribution is 2.29. The van der Waals surface area contributed by atoms with E-state index in [1.807, 2.05) is 58.0 Å². The van der Waals surface area contributed by atoms with Crippen molar-refractivity contribution in [1.82, 2.24) is 10.3 Å². The largest absolute Gasteiger partial charge is 0.387 e. The second-order valence-corrected chi connectivity index (χ2v) is 10.7. The van der Waals surface area contributed by atoms with E-state index >= 15 is 0 Å². The third-order valence-corrected chi connectivity index (χ3v) is 7.21. The Morgan fingerprint density at radius 1 is 1.00 bits per heavy atom. The van der Waals surface area contributed by atoms with Crippen molar-refractivity contribution in [3.05, 3.63) is 89.2 Å². The number of hydrogen-bond acceptors (Lipinski definition) is 5. The van der Waals surface area contributed by atoms with Crippen molar-refractivity contribution in [3.63, 3.8) is 0 Å². The molecule has 0 fully saturated rings. The van der Waals surface area contributed by atoms with Crippen LogP contribution in [0.4, 0.5) is 5.69 Å². The minimum atomic E-state index is -3.75. The second-order valence-electron chi connectivity index (χ2n) is 8.79. The van der Waals surface area contributed by atoms with Crippen LogP contribution in [0.2, 0.25) is 0 Å². The number of aryl methyl sites for hydroxylation is 2. The monoisotopic (exact) mass is 467 g/mol. The summed E-state index contributed by atoms with van der Waals surface area (Å²) in [6, 6.07) is 16.1. The van der Waals surface area contributed by atoms with Gasteiger partial charge >= 0.3 is 0 Å². The number of aromatic nitrogens is 1. The zero-order valence-electron chi connectivity index (χ0n) is 19.7. The molecular formula is C26H33N3O3S. The smallest absolute Gasteiger partial charge is 0.264 e. The molecule has 1 unspecified atom stereocenters. The van der Waals surface area contributed by atoms with Gasteiger partial charge < -0.3 is 10.4 Å². The van der Waals surface area contributed by atoms with Crippen molar-refractivity contribution in [1.29, 1.82) is 0 Å². The van der Waals surface area contributed by atoms with Crippen LogP contribution in [0.5, 0.6) is 0 Å². The molecule has 3 aromatic rings. The fourth-order valence-corrected chi connectivity index (χ4v) is 5.40. The normalized spacial score (nSPS) is 12.7. The van der Waals surface area contributed by atoms with Crippen LogP contribution in [-0.4, -0.2) is 31.6 Å². The van der Waals surface area contributed by atoms with Gasteiger partial charge in [-0.1, -0.05) is 43.7 Å². The Morgan fingerprint density at radius 3 is 2.27 bits per heavy atom. The summed E-state index contributed by atoms with van der Waals surface area (Å²) in [4.78, 5) is 4.20. The minimum absolute atomic E-state index is 0.160. The summed E-state index contributed by atoms with van der Waals surface area (Å²) in [6.07, 6.45) is 2.72. The molecule has 0 bridgehead atoms. The Morgan fingerprint density at radius 2 is 1.67 bits per heavy atom. The first kappa shape index (κ1) is 24.9. The lowest BCUT2D eigenvalue weighted by molar-refractivity contribution is 0.174. The second kappa shape index (κ2) is 10.9. The Hall–Kier alpha value is -2.74. The Labute approximate surface area is 197 Å². The quantitative estimate of drug-likeness (QED) is 0.463. The van der Waals surface area contributed by atoms with Crippen LogP contribution in [0.1, 0.15) is 42.2 Å². The molecule has 2 aromatic carbocycles. The van der Waals surface area contributed by atoms with Gasteiger partial charge in [-0.15, -0.1) is 0 Å². The predicted molar refractivity (Wildman–Crippen MR) is 133 cm³/mol. The number of hydrogen-bond donors (Lipinski definition) is 2. The number of nitrogens with one attached hydrogen (secondary N) is 1. The first-order valence-corrected chi connectivity index (χ1v) is 12.6. The Kier molecular flexibility index (Phi) is 8.24. The maximum atomic E-state index is 13.6. The number of rotatable bonds is 10. The number of pyridine rings is 1. The van der Waals surface area contributed by atoms with E-state index in [4.69, 9.17) is 0 Å². The van der Waals surface area contributed by atoms with Crippen molar-refractivity contribution in [3.8, 4) is 0 Å². The predicted octanol–water partition coefficient (Wildman–Crippen LogP) is 4.37. The van der Waals surface area contributed by atoms with Gasteiger partial charge in [-0.2, -0.15) is 0 Å². The average molecular weight is 468 g/mol. The molecule has 0 radical (unpaired) electrons. The van der Waals surface area contributed by atoms with E-state index in [2.05, 4.69) is 10.3 Å². The zero-order chi connectivity index (χ0) is 24.0. The van der Waals surface area contributed by atoms with E-state index in [1.165, 1.54) is 4.31 Å². The van der Waals surface area contributed by atoms with Gasteiger partial charge in [-0.3, -0.25) is 9.29 Å². The van der Waals surface area contributed by atoms with E-state index in [9.17, 15) is 13.5 Å². The lowest BCUT2D eigenvalue weighted by Gasteiger charge is -2.28. The Bertz CT molecular complexity index is 1150. The zero-order valence-corrected chi connectivity index (χ0v) is 20.5. The lowest BCUT2D eigenvalue weighted by atomic mass is 10.1. The summed E-state index contributed by atoms with van der Waals surface area (Å²) in [5.74, 6) is 0.160. The summed E-state index contributed by atoms with van der Waals surface area (Å²) in [5.41, 5.74) is 4.45. The molecule has 1 aromatic heterocycles. The molecule has 0 aliphatic carbocycles. The standard InChI is InChI=1S/C26H33N3O3S/c1-19(2)18-29(25-10-5-20(3)15-21(25)4)33(31,32)24-8-6-23(7-9-24)26(30)17-28-16-22-11-13-27-14-12-22/h5-15,19,26,28,30H,16-18H2,1-4H3. The maximum absolute atomic E-state index is 13.6. The average Bonchev–Trinajstić information content (AvgIpc) is 2.78. The summed E-state index contributed by atoms with van der Waals surface area (Å²) >= 11 is 0. The third-order valence-electron chi connectivity index (χ3n) is 5.42. The van der Waals surface area contributed by atoms with Gasteiger partial charge in [-0.05, 0) is 66.8 Å². The van der Waals surface area contributed by atoms with E-state index in [1.54, 1.807) is 36.7 Å². The number of aliphatic hydroxyl groups is 1. The molecule has 3 rings (SSSR count). The van der Waals surface area contributed by atoms with Crippen molar-refractivity contribution < 1.29 is 13.5 Å². The molecule has 0 spiro atoms. The summed E-state index contributed by atoms with van der Waals surface area (Å²) in [7, 11) is -3.75. The number of nitrogens with zero attached hydrogens (tertiary/aromatic N) is 2.